The molecular weight excluding hydrogens is 438 g/mol. The van der Waals surface area contributed by atoms with Crippen LogP contribution in [0.1, 0.15) is 22.5 Å². The van der Waals surface area contributed by atoms with Crippen molar-refractivity contribution in [2.75, 3.05) is 21.9 Å². The number of nitrogens with zero attached hydrogens (tertiary/aromatic N) is 2. The SMILES string of the molecule is NC(=O)c1cc(-c2csc(NC(=O)/C=C/c3ccc(N4CCCS4(=O)=O)cc3)n2)c[nH]1. The van der Waals surface area contributed by atoms with E-state index in [0.717, 1.165) is 5.56 Å². The molecule has 31 heavy (non-hydrogen) atoms. The van der Waals surface area contributed by atoms with Gasteiger partial charge in [0.25, 0.3) is 5.91 Å². The smallest absolute Gasteiger partial charge is 0.265 e. The number of amides is 2. The molecule has 160 valence electrons. The molecule has 0 bridgehead atoms. The van der Waals surface area contributed by atoms with Gasteiger partial charge in [-0.15, -0.1) is 11.3 Å². The van der Waals surface area contributed by atoms with Crippen LogP contribution in [-0.2, 0) is 14.8 Å². The number of nitrogens with one attached hydrogen (secondary N) is 2. The molecule has 0 aliphatic carbocycles. The van der Waals surface area contributed by atoms with Crippen LogP contribution in [0.25, 0.3) is 17.3 Å². The molecule has 0 saturated carbocycles. The molecule has 11 heteroatoms. The Morgan fingerprint density at radius 1 is 1.26 bits per heavy atom. The average molecular weight is 458 g/mol. The second kappa shape index (κ2) is 8.36. The van der Waals surface area contributed by atoms with Gasteiger partial charge in [0.2, 0.25) is 15.9 Å². The molecule has 0 radical (unpaired) electrons. The Kier molecular flexibility index (Phi) is 5.61. The number of hydrogen-bond acceptors (Lipinski definition) is 6. The van der Waals surface area contributed by atoms with Gasteiger partial charge < -0.3 is 10.7 Å². The maximum Gasteiger partial charge on any atom is 0.265 e. The summed E-state index contributed by atoms with van der Waals surface area (Å²) in [4.78, 5) is 30.5. The number of aromatic amines is 1. The van der Waals surface area contributed by atoms with Crippen LogP contribution in [0.15, 0.2) is 48.0 Å². The number of benzene rings is 1. The first-order chi connectivity index (χ1) is 14.8. The molecule has 0 atom stereocenters. The van der Waals surface area contributed by atoms with E-state index in [-0.39, 0.29) is 17.4 Å². The number of hydrogen-bond donors (Lipinski definition) is 3. The molecule has 0 unspecified atom stereocenters. The van der Waals surface area contributed by atoms with Crippen LogP contribution >= 0.6 is 11.3 Å². The van der Waals surface area contributed by atoms with Crippen molar-refractivity contribution in [3.63, 3.8) is 0 Å². The van der Waals surface area contributed by atoms with Crippen molar-refractivity contribution >= 4 is 50.1 Å². The van der Waals surface area contributed by atoms with Crippen LogP contribution in [-0.4, -0.2) is 42.5 Å². The van der Waals surface area contributed by atoms with Gasteiger partial charge in [-0.25, -0.2) is 13.4 Å². The van der Waals surface area contributed by atoms with Crippen molar-refractivity contribution in [2.45, 2.75) is 6.42 Å². The number of nitrogens with two attached hydrogens (primary N) is 1. The lowest BCUT2D eigenvalue weighted by Crippen LogP contribution is -2.24. The summed E-state index contributed by atoms with van der Waals surface area (Å²) in [5.74, 6) is -0.738. The van der Waals surface area contributed by atoms with Crippen LogP contribution in [0.3, 0.4) is 0 Å². The highest BCUT2D eigenvalue weighted by molar-refractivity contribution is 7.93. The fourth-order valence-electron chi connectivity index (χ4n) is 3.15. The molecule has 1 aromatic carbocycles. The monoisotopic (exact) mass is 457 g/mol. The van der Waals surface area contributed by atoms with E-state index in [1.54, 1.807) is 48.0 Å². The Morgan fingerprint density at radius 2 is 2.03 bits per heavy atom. The van der Waals surface area contributed by atoms with E-state index < -0.39 is 15.9 Å². The van der Waals surface area contributed by atoms with Gasteiger partial charge in [0.1, 0.15) is 5.69 Å². The first kappa shape index (κ1) is 20.8. The van der Waals surface area contributed by atoms with E-state index >= 15 is 0 Å². The molecule has 3 heterocycles. The maximum absolute atomic E-state index is 12.2. The second-order valence-electron chi connectivity index (χ2n) is 6.86. The number of rotatable bonds is 6. The van der Waals surface area contributed by atoms with Crippen LogP contribution in [0.5, 0.6) is 0 Å². The molecule has 1 aliphatic rings. The topological polar surface area (TPSA) is 138 Å². The summed E-state index contributed by atoms with van der Waals surface area (Å²) in [5, 5.41) is 4.87. The van der Waals surface area contributed by atoms with Crippen molar-refractivity contribution in [3.8, 4) is 11.3 Å². The molecule has 9 nitrogen and oxygen atoms in total. The quantitative estimate of drug-likeness (QED) is 0.488. The Balaban J connectivity index is 1.37. The third-order valence-corrected chi connectivity index (χ3v) is 7.31. The normalized spacial score (nSPS) is 15.4. The van der Waals surface area contributed by atoms with E-state index in [9.17, 15) is 18.0 Å². The van der Waals surface area contributed by atoms with E-state index in [1.807, 2.05) is 0 Å². The van der Waals surface area contributed by atoms with Crippen molar-refractivity contribution in [1.29, 1.82) is 0 Å². The van der Waals surface area contributed by atoms with Gasteiger partial charge in [-0.05, 0) is 36.3 Å². The van der Waals surface area contributed by atoms with Crippen molar-refractivity contribution in [3.05, 3.63) is 59.2 Å². The van der Waals surface area contributed by atoms with Gasteiger partial charge >= 0.3 is 0 Å². The minimum atomic E-state index is -3.21. The van der Waals surface area contributed by atoms with Gasteiger partial charge in [-0.2, -0.15) is 0 Å². The van der Waals surface area contributed by atoms with Crippen LogP contribution in [0.4, 0.5) is 10.8 Å². The number of anilines is 2. The van der Waals surface area contributed by atoms with E-state index in [4.69, 9.17) is 5.73 Å². The third kappa shape index (κ3) is 4.67. The minimum Gasteiger partial charge on any atom is -0.364 e. The van der Waals surface area contributed by atoms with E-state index in [0.29, 0.717) is 35.0 Å². The van der Waals surface area contributed by atoms with Gasteiger partial charge in [0.15, 0.2) is 5.13 Å². The number of H-pyrrole nitrogens is 1. The molecule has 1 saturated heterocycles. The summed E-state index contributed by atoms with van der Waals surface area (Å²) >= 11 is 1.26. The lowest BCUT2D eigenvalue weighted by atomic mass is 10.2. The highest BCUT2D eigenvalue weighted by Crippen LogP contribution is 2.26. The lowest BCUT2D eigenvalue weighted by molar-refractivity contribution is -0.111. The fraction of sp³-hybridized carbons (Fsp3) is 0.150. The van der Waals surface area contributed by atoms with Crippen molar-refractivity contribution in [2.24, 2.45) is 5.73 Å². The minimum absolute atomic E-state index is 0.170. The first-order valence-electron chi connectivity index (χ1n) is 9.35. The summed E-state index contributed by atoms with van der Waals surface area (Å²) in [7, 11) is -3.21. The first-order valence-corrected chi connectivity index (χ1v) is 11.8. The summed E-state index contributed by atoms with van der Waals surface area (Å²) in [6.45, 7) is 0.488. The predicted molar refractivity (Wildman–Crippen MR) is 120 cm³/mol. The molecule has 2 amide bonds. The Hall–Kier alpha value is -3.44. The third-order valence-electron chi connectivity index (χ3n) is 4.69. The van der Waals surface area contributed by atoms with Crippen molar-refractivity contribution in [1.82, 2.24) is 9.97 Å². The standard InChI is InChI=1S/C20H19N5O4S2/c21-19(27)16-10-14(11-22-16)17-12-30-20(23-17)24-18(26)7-4-13-2-5-15(6-3-13)25-8-1-9-31(25,28)29/h2-7,10-12,22H,1,8-9H2,(H2,21,27)(H,23,24,26)/b7-4+. The van der Waals surface area contributed by atoms with Crippen molar-refractivity contribution < 1.29 is 18.0 Å². The molecule has 4 N–H and O–H groups in total. The van der Waals surface area contributed by atoms with Gasteiger partial charge in [0.05, 0.1) is 17.1 Å². The van der Waals surface area contributed by atoms with E-state index in [1.165, 1.54) is 21.7 Å². The molecule has 2 aromatic heterocycles. The maximum atomic E-state index is 12.2. The zero-order valence-corrected chi connectivity index (χ0v) is 17.9. The lowest BCUT2D eigenvalue weighted by Gasteiger charge is -2.16. The number of primary amides is 1. The summed E-state index contributed by atoms with van der Waals surface area (Å²) in [6.07, 6.45) is 5.26. The highest BCUT2D eigenvalue weighted by Gasteiger charge is 2.28. The summed E-state index contributed by atoms with van der Waals surface area (Å²) in [6, 6.07) is 8.57. The second-order valence-corrected chi connectivity index (χ2v) is 9.73. The Labute approximate surface area is 182 Å². The number of carbonyl (C=O) groups excluding carboxylic acids is 2. The number of thiazole rings is 1. The summed E-state index contributed by atoms with van der Waals surface area (Å²) < 4.78 is 25.4. The van der Waals surface area contributed by atoms with Crippen LogP contribution in [0, 0.1) is 0 Å². The zero-order valence-electron chi connectivity index (χ0n) is 16.2. The van der Waals surface area contributed by atoms with Crippen LogP contribution in [0.2, 0.25) is 0 Å². The summed E-state index contributed by atoms with van der Waals surface area (Å²) in [5.41, 5.74) is 8.21. The van der Waals surface area contributed by atoms with Gasteiger partial charge in [0, 0.05) is 29.8 Å². The molecule has 3 aromatic rings. The number of aromatic nitrogens is 2. The molecule has 4 rings (SSSR count). The Bertz CT molecular complexity index is 1260. The van der Waals surface area contributed by atoms with E-state index in [2.05, 4.69) is 15.3 Å². The molecule has 1 aliphatic heterocycles. The zero-order chi connectivity index (χ0) is 22.0. The highest BCUT2D eigenvalue weighted by atomic mass is 32.2. The molecule has 0 spiro atoms. The number of sulfonamides is 1. The predicted octanol–water partition coefficient (Wildman–Crippen LogP) is 2.43. The number of carbonyl (C=O) groups is 2. The molecular formula is C20H19N5O4S2. The largest absolute Gasteiger partial charge is 0.364 e. The average Bonchev–Trinajstić information content (AvgIpc) is 3.46. The molecule has 1 fully saturated rings. The van der Waals surface area contributed by atoms with Gasteiger partial charge in [-0.3, -0.25) is 19.2 Å². The van der Waals surface area contributed by atoms with Gasteiger partial charge in [-0.1, -0.05) is 12.1 Å². The fourth-order valence-corrected chi connectivity index (χ4v) is 5.44. The van der Waals surface area contributed by atoms with Crippen LogP contribution < -0.4 is 15.4 Å². The Morgan fingerprint density at radius 3 is 2.68 bits per heavy atom.